The van der Waals surface area contributed by atoms with Crippen molar-refractivity contribution in [3.8, 4) is 0 Å². The number of aromatic nitrogens is 2. The van der Waals surface area contributed by atoms with E-state index in [-0.39, 0.29) is 35.5 Å². The summed E-state index contributed by atoms with van der Waals surface area (Å²) >= 11 is 1.30. The normalized spacial score (nSPS) is 36.8. The molecule has 2 fully saturated rings. The molecule has 0 unspecified atom stereocenters. The predicted molar refractivity (Wildman–Crippen MR) is 64.9 cm³/mol. The summed E-state index contributed by atoms with van der Waals surface area (Å²) in [5.74, 6) is 0.00958. The van der Waals surface area contributed by atoms with Crippen molar-refractivity contribution in [2.75, 3.05) is 4.90 Å². The topological polar surface area (TPSA) is 63.2 Å². The van der Waals surface area contributed by atoms with Crippen LogP contribution >= 0.6 is 11.3 Å². The summed E-state index contributed by atoms with van der Waals surface area (Å²) in [4.78, 5) is 26.1. The van der Waals surface area contributed by atoms with Gasteiger partial charge in [0.25, 0.3) is 0 Å². The van der Waals surface area contributed by atoms with Gasteiger partial charge in [0.05, 0.1) is 11.8 Å². The molecule has 0 radical (unpaired) electrons. The highest BCUT2D eigenvalue weighted by Crippen LogP contribution is 2.53. The third-order valence-electron chi connectivity index (χ3n) is 4.18. The summed E-state index contributed by atoms with van der Waals surface area (Å²) in [6.07, 6.45) is 5.13. The summed E-state index contributed by atoms with van der Waals surface area (Å²) in [5.41, 5.74) is 0. The van der Waals surface area contributed by atoms with Crippen molar-refractivity contribution in [2.24, 2.45) is 23.7 Å². The number of imide groups is 1. The van der Waals surface area contributed by atoms with Gasteiger partial charge in [0.1, 0.15) is 5.01 Å². The first-order valence-electron chi connectivity index (χ1n) is 6.03. The largest absolute Gasteiger partial charge is 0.274 e. The first-order valence-corrected chi connectivity index (χ1v) is 6.84. The maximum absolute atomic E-state index is 12.4. The number of fused-ring (bicyclic) bond motifs is 5. The van der Waals surface area contributed by atoms with Gasteiger partial charge in [-0.1, -0.05) is 23.5 Å². The van der Waals surface area contributed by atoms with Crippen LogP contribution in [0.15, 0.2) is 12.2 Å². The number of hydrogen-bond donors (Lipinski definition) is 0. The van der Waals surface area contributed by atoms with E-state index in [4.69, 9.17) is 0 Å². The van der Waals surface area contributed by atoms with Gasteiger partial charge in [0.15, 0.2) is 0 Å². The fraction of sp³-hybridized carbons (Fsp3) is 0.500. The van der Waals surface area contributed by atoms with E-state index in [0.29, 0.717) is 5.13 Å². The average Bonchev–Trinajstić information content (AvgIpc) is 3.05. The van der Waals surface area contributed by atoms with Crippen LogP contribution in [0.5, 0.6) is 0 Å². The van der Waals surface area contributed by atoms with Crippen LogP contribution in [0, 0.1) is 30.6 Å². The molecule has 2 amide bonds. The number of amides is 2. The van der Waals surface area contributed by atoms with Crippen molar-refractivity contribution >= 4 is 28.3 Å². The molecule has 5 nitrogen and oxygen atoms in total. The summed E-state index contributed by atoms with van der Waals surface area (Å²) in [5, 5.41) is 9.01. The molecule has 2 aliphatic carbocycles. The number of allylic oxidation sites excluding steroid dienone is 2. The lowest BCUT2D eigenvalue weighted by Crippen LogP contribution is -2.32. The van der Waals surface area contributed by atoms with Crippen LogP contribution in [0.1, 0.15) is 11.4 Å². The molecule has 3 aliphatic rings. The molecule has 1 aliphatic heterocycles. The molecular formula is C12H11N3O2S. The molecule has 4 rings (SSSR count). The Morgan fingerprint density at radius 3 is 2.28 bits per heavy atom. The Morgan fingerprint density at radius 2 is 1.78 bits per heavy atom. The lowest BCUT2D eigenvalue weighted by molar-refractivity contribution is -0.123. The highest BCUT2D eigenvalue weighted by Gasteiger charge is 2.60. The Kier molecular flexibility index (Phi) is 1.88. The summed E-state index contributed by atoms with van der Waals surface area (Å²) in [7, 11) is 0. The van der Waals surface area contributed by atoms with Crippen LogP contribution in [0.4, 0.5) is 5.13 Å². The van der Waals surface area contributed by atoms with E-state index in [9.17, 15) is 9.59 Å². The minimum atomic E-state index is -0.156. The maximum Gasteiger partial charge on any atom is 0.240 e. The van der Waals surface area contributed by atoms with Gasteiger partial charge in [-0.05, 0) is 25.2 Å². The smallest absolute Gasteiger partial charge is 0.240 e. The first kappa shape index (κ1) is 10.4. The highest BCUT2D eigenvalue weighted by molar-refractivity contribution is 7.15. The summed E-state index contributed by atoms with van der Waals surface area (Å²) in [6, 6.07) is 0. The molecule has 4 atom stereocenters. The Labute approximate surface area is 108 Å². The van der Waals surface area contributed by atoms with Crippen molar-refractivity contribution in [3.63, 3.8) is 0 Å². The molecular weight excluding hydrogens is 250 g/mol. The monoisotopic (exact) mass is 261 g/mol. The molecule has 2 heterocycles. The Balaban J connectivity index is 1.76. The minimum absolute atomic E-state index is 0.0852. The molecule has 0 spiro atoms. The molecule has 0 aromatic carbocycles. The van der Waals surface area contributed by atoms with Gasteiger partial charge in [-0.2, -0.15) is 0 Å². The molecule has 18 heavy (non-hydrogen) atoms. The van der Waals surface area contributed by atoms with Crippen LogP contribution in [0.3, 0.4) is 0 Å². The number of anilines is 1. The number of hydrogen-bond acceptors (Lipinski definition) is 5. The second-order valence-electron chi connectivity index (χ2n) is 5.12. The molecule has 6 heteroatoms. The van der Waals surface area contributed by atoms with Gasteiger partial charge in [-0.3, -0.25) is 9.59 Å². The molecule has 1 aromatic rings. The minimum Gasteiger partial charge on any atom is -0.274 e. The second-order valence-corrected chi connectivity index (χ2v) is 6.28. The number of aryl methyl sites for hydroxylation is 1. The number of nitrogens with zero attached hydrogens (tertiary/aromatic N) is 3. The van der Waals surface area contributed by atoms with Crippen LogP contribution in [-0.4, -0.2) is 22.0 Å². The van der Waals surface area contributed by atoms with Crippen molar-refractivity contribution < 1.29 is 9.59 Å². The van der Waals surface area contributed by atoms with Crippen LogP contribution in [-0.2, 0) is 9.59 Å². The summed E-state index contributed by atoms with van der Waals surface area (Å²) in [6.45, 7) is 1.82. The van der Waals surface area contributed by atoms with Gasteiger partial charge in [-0.15, -0.1) is 10.2 Å². The van der Waals surface area contributed by atoms with E-state index in [1.54, 1.807) is 0 Å². The fourth-order valence-electron chi connectivity index (χ4n) is 3.47. The Hall–Kier alpha value is -1.56. The molecule has 1 saturated heterocycles. The van der Waals surface area contributed by atoms with Gasteiger partial charge < -0.3 is 0 Å². The average molecular weight is 261 g/mol. The van der Waals surface area contributed by atoms with E-state index in [1.807, 2.05) is 6.92 Å². The standard InChI is InChI=1S/C12H11N3O2S/c1-5-13-14-12(18-5)15-10(16)8-6-2-3-7(4-6)9(8)11(15)17/h2-3,6-9H,4H2,1H3/t6-,7-,8-,9+/m0/s1. The highest BCUT2D eigenvalue weighted by atomic mass is 32.1. The maximum atomic E-state index is 12.4. The summed E-state index contributed by atoms with van der Waals surface area (Å²) < 4.78 is 0. The van der Waals surface area contributed by atoms with Crippen molar-refractivity contribution in [2.45, 2.75) is 13.3 Å². The van der Waals surface area contributed by atoms with Crippen molar-refractivity contribution in [3.05, 3.63) is 17.2 Å². The van der Waals surface area contributed by atoms with E-state index < -0.39 is 0 Å². The zero-order chi connectivity index (χ0) is 12.4. The van der Waals surface area contributed by atoms with Gasteiger partial charge in [0.2, 0.25) is 16.9 Å². The molecule has 92 valence electrons. The number of rotatable bonds is 1. The first-order chi connectivity index (χ1) is 8.66. The fourth-order valence-corrected chi connectivity index (χ4v) is 4.17. The second kappa shape index (κ2) is 3.26. The third-order valence-corrected chi connectivity index (χ3v) is 5.00. The molecule has 1 saturated carbocycles. The van der Waals surface area contributed by atoms with Crippen molar-refractivity contribution in [1.29, 1.82) is 0 Å². The molecule has 2 bridgehead atoms. The van der Waals surface area contributed by atoms with Gasteiger partial charge in [-0.25, -0.2) is 4.90 Å². The number of carbonyl (C=O) groups excluding carboxylic acids is 2. The van der Waals surface area contributed by atoms with E-state index in [2.05, 4.69) is 22.3 Å². The van der Waals surface area contributed by atoms with Crippen LogP contribution in [0.2, 0.25) is 0 Å². The van der Waals surface area contributed by atoms with E-state index in [1.165, 1.54) is 16.2 Å². The van der Waals surface area contributed by atoms with Crippen LogP contribution < -0.4 is 4.90 Å². The SMILES string of the molecule is Cc1nnc(N2C(=O)[C@@H]3[C@H](C2=O)[C@H]2C=C[C@H]3C2)s1. The Morgan fingerprint density at radius 1 is 1.17 bits per heavy atom. The van der Waals surface area contributed by atoms with Crippen LogP contribution in [0.25, 0.3) is 0 Å². The van der Waals surface area contributed by atoms with E-state index in [0.717, 1.165) is 11.4 Å². The van der Waals surface area contributed by atoms with Gasteiger partial charge >= 0.3 is 0 Å². The quantitative estimate of drug-likeness (QED) is 0.562. The molecule has 0 N–H and O–H groups in total. The molecule has 1 aromatic heterocycles. The lowest BCUT2D eigenvalue weighted by atomic mass is 9.85. The predicted octanol–water partition coefficient (Wildman–Crippen LogP) is 1.16. The third kappa shape index (κ3) is 1.11. The van der Waals surface area contributed by atoms with Gasteiger partial charge in [0, 0.05) is 0 Å². The number of carbonyl (C=O) groups is 2. The van der Waals surface area contributed by atoms with Crippen molar-refractivity contribution in [1.82, 2.24) is 10.2 Å². The Bertz CT molecular complexity index is 564. The zero-order valence-electron chi connectivity index (χ0n) is 9.74. The zero-order valence-corrected chi connectivity index (χ0v) is 10.6. The van der Waals surface area contributed by atoms with E-state index >= 15 is 0 Å². The lowest BCUT2D eigenvalue weighted by Gasteiger charge is -2.14.